The number of halogens is 2. The fraction of sp³-hybridized carbons (Fsp3) is 0.263. The second-order valence-electron chi connectivity index (χ2n) is 6.44. The van der Waals surface area contributed by atoms with Gasteiger partial charge in [-0.1, -0.05) is 35.3 Å². The monoisotopic (exact) mass is 405 g/mol. The van der Waals surface area contributed by atoms with Crippen LogP contribution in [-0.4, -0.2) is 32.6 Å². The molecule has 0 bridgehead atoms. The van der Waals surface area contributed by atoms with E-state index in [-0.39, 0.29) is 11.9 Å². The molecule has 2 heterocycles. The SMILES string of the molecule is CC1COC(Cn2cncn2)(c2ccc(-c3cc(O)ccc3Cl)cc2Cl)O1. The van der Waals surface area contributed by atoms with E-state index in [0.29, 0.717) is 34.3 Å². The first-order chi connectivity index (χ1) is 13.0. The van der Waals surface area contributed by atoms with Crippen LogP contribution >= 0.6 is 23.2 Å². The van der Waals surface area contributed by atoms with E-state index in [1.807, 2.05) is 19.1 Å². The molecule has 0 spiro atoms. The summed E-state index contributed by atoms with van der Waals surface area (Å²) in [5, 5.41) is 14.9. The molecule has 1 saturated heterocycles. The maximum absolute atomic E-state index is 9.76. The van der Waals surface area contributed by atoms with E-state index in [2.05, 4.69) is 10.1 Å². The van der Waals surface area contributed by atoms with E-state index in [0.717, 1.165) is 5.56 Å². The number of phenols is 1. The van der Waals surface area contributed by atoms with Gasteiger partial charge in [0.25, 0.3) is 0 Å². The van der Waals surface area contributed by atoms with Gasteiger partial charge in [-0.25, -0.2) is 9.67 Å². The molecule has 0 amide bonds. The average Bonchev–Trinajstić information content (AvgIpc) is 3.27. The summed E-state index contributed by atoms with van der Waals surface area (Å²) >= 11 is 12.9. The van der Waals surface area contributed by atoms with Gasteiger partial charge in [-0.15, -0.1) is 0 Å². The molecular weight excluding hydrogens is 389 g/mol. The molecule has 2 atom stereocenters. The van der Waals surface area contributed by atoms with Gasteiger partial charge in [0.15, 0.2) is 0 Å². The van der Waals surface area contributed by atoms with E-state index >= 15 is 0 Å². The number of rotatable bonds is 4. The number of phenolic OH excluding ortho intramolecular Hbond substituents is 1. The van der Waals surface area contributed by atoms with Crippen LogP contribution in [0.25, 0.3) is 11.1 Å². The molecule has 27 heavy (non-hydrogen) atoms. The van der Waals surface area contributed by atoms with Gasteiger partial charge >= 0.3 is 0 Å². The van der Waals surface area contributed by atoms with Crippen molar-refractivity contribution in [3.05, 3.63) is 64.7 Å². The van der Waals surface area contributed by atoms with Crippen LogP contribution in [0.3, 0.4) is 0 Å². The van der Waals surface area contributed by atoms with E-state index in [1.165, 1.54) is 12.4 Å². The minimum absolute atomic E-state index is 0.0789. The largest absolute Gasteiger partial charge is 0.508 e. The minimum Gasteiger partial charge on any atom is -0.508 e. The normalized spacial score (nSPS) is 22.3. The zero-order chi connectivity index (χ0) is 19.0. The first-order valence-electron chi connectivity index (χ1n) is 8.40. The molecule has 2 unspecified atom stereocenters. The van der Waals surface area contributed by atoms with Gasteiger partial charge in [-0.05, 0) is 36.8 Å². The number of ether oxygens (including phenoxy) is 2. The molecule has 1 N–H and O–H groups in total. The van der Waals surface area contributed by atoms with Gasteiger partial charge in [0.1, 0.15) is 24.9 Å². The Hall–Kier alpha value is -2.12. The Bertz CT molecular complexity index is 965. The minimum atomic E-state index is -1.05. The standard InChI is InChI=1S/C19H17Cl2N3O3/c1-12-8-26-19(27-12,9-24-11-22-10-23-24)16-4-2-13(6-18(16)21)15-7-14(25)3-5-17(15)20/h2-7,10-12,25H,8-9H2,1H3. The van der Waals surface area contributed by atoms with Crippen molar-refractivity contribution in [3.63, 3.8) is 0 Å². The van der Waals surface area contributed by atoms with Crippen molar-refractivity contribution in [1.29, 1.82) is 0 Å². The Labute approximate surface area is 166 Å². The predicted octanol–water partition coefficient (Wildman–Crippen LogP) is 4.25. The van der Waals surface area contributed by atoms with Crippen molar-refractivity contribution >= 4 is 23.2 Å². The lowest BCUT2D eigenvalue weighted by Crippen LogP contribution is -2.34. The van der Waals surface area contributed by atoms with Crippen molar-refractivity contribution in [2.24, 2.45) is 0 Å². The highest BCUT2D eigenvalue weighted by atomic mass is 35.5. The van der Waals surface area contributed by atoms with Crippen LogP contribution in [-0.2, 0) is 21.8 Å². The smallest absolute Gasteiger partial charge is 0.217 e. The topological polar surface area (TPSA) is 69.4 Å². The van der Waals surface area contributed by atoms with E-state index < -0.39 is 5.79 Å². The lowest BCUT2D eigenvalue weighted by Gasteiger charge is -2.29. The van der Waals surface area contributed by atoms with E-state index in [4.69, 9.17) is 32.7 Å². The van der Waals surface area contributed by atoms with Crippen molar-refractivity contribution in [2.45, 2.75) is 25.4 Å². The Morgan fingerprint density at radius 3 is 2.74 bits per heavy atom. The van der Waals surface area contributed by atoms with Gasteiger partial charge in [0.05, 0.1) is 12.7 Å². The highest BCUT2D eigenvalue weighted by Gasteiger charge is 2.44. The molecule has 140 valence electrons. The molecule has 3 aromatic rings. The van der Waals surface area contributed by atoms with E-state index in [9.17, 15) is 5.11 Å². The van der Waals surface area contributed by atoms with Crippen molar-refractivity contribution in [3.8, 4) is 16.9 Å². The summed E-state index contributed by atoms with van der Waals surface area (Å²) in [4.78, 5) is 3.97. The van der Waals surface area contributed by atoms with Crippen molar-refractivity contribution in [1.82, 2.24) is 14.8 Å². The summed E-state index contributed by atoms with van der Waals surface area (Å²) in [6, 6.07) is 10.3. The Balaban J connectivity index is 1.75. The van der Waals surface area contributed by atoms with Crippen LogP contribution in [0.15, 0.2) is 49.1 Å². The molecule has 0 radical (unpaired) electrons. The van der Waals surface area contributed by atoms with Gasteiger partial charge < -0.3 is 14.6 Å². The van der Waals surface area contributed by atoms with Gasteiger partial charge in [-0.3, -0.25) is 0 Å². The van der Waals surface area contributed by atoms with Crippen LogP contribution in [0.4, 0.5) is 0 Å². The molecule has 1 aliphatic rings. The highest BCUT2D eigenvalue weighted by Crippen LogP contribution is 2.41. The summed E-state index contributed by atoms with van der Waals surface area (Å²) in [5.41, 5.74) is 2.17. The lowest BCUT2D eigenvalue weighted by atomic mass is 9.99. The molecule has 0 aliphatic carbocycles. The van der Waals surface area contributed by atoms with Crippen molar-refractivity contribution in [2.75, 3.05) is 6.61 Å². The summed E-state index contributed by atoms with van der Waals surface area (Å²) < 4.78 is 13.8. The molecule has 0 saturated carbocycles. The van der Waals surface area contributed by atoms with Crippen LogP contribution in [0.5, 0.6) is 5.75 Å². The molecule has 2 aromatic carbocycles. The van der Waals surface area contributed by atoms with Crippen LogP contribution in [0.2, 0.25) is 10.0 Å². The number of benzene rings is 2. The van der Waals surface area contributed by atoms with E-state index in [1.54, 1.807) is 29.2 Å². The molecule has 1 fully saturated rings. The third-order valence-electron chi connectivity index (χ3n) is 4.42. The summed E-state index contributed by atoms with van der Waals surface area (Å²) in [5.74, 6) is -0.917. The zero-order valence-electron chi connectivity index (χ0n) is 14.5. The highest BCUT2D eigenvalue weighted by molar-refractivity contribution is 6.34. The van der Waals surface area contributed by atoms with Gasteiger partial charge in [-0.2, -0.15) is 5.10 Å². The summed E-state index contributed by atoms with van der Waals surface area (Å²) in [7, 11) is 0. The maximum Gasteiger partial charge on any atom is 0.217 e. The second kappa shape index (κ2) is 7.13. The summed E-state index contributed by atoms with van der Waals surface area (Å²) in [6.45, 7) is 2.71. The van der Waals surface area contributed by atoms with Crippen LogP contribution < -0.4 is 0 Å². The molecule has 8 heteroatoms. The number of aromatic nitrogens is 3. The second-order valence-corrected chi connectivity index (χ2v) is 7.26. The fourth-order valence-corrected chi connectivity index (χ4v) is 3.76. The molecule has 1 aliphatic heterocycles. The first kappa shape index (κ1) is 18.3. The maximum atomic E-state index is 9.76. The quantitative estimate of drug-likeness (QED) is 0.702. The molecule has 1 aromatic heterocycles. The number of nitrogens with zero attached hydrogens (tertiary/aromatic N) is 3. The molecule has 6 nitrogen and oxygen atoms in total. The number of hydrogen-bond acceptors (Lipinski definition) is 5. The summed E-state index contributed by atoms with van der Waals surface area (Å²) in [6.07, 6.45) is 2.98. The lowest BCUT2D eigenvalue weighted by molar-refractivity contribution is -0.186. The zero-order valence-corrected chi connectivity index (χ0v) is 16.0. The number of hydrogen-bond donors (Lipinski definition) is 1. The fourth-order valence-electron chi connectivity index (χ4n) is 3.21. The Morgan fingerprint density at radius 1 is 1.22 bits per heavy atom. The Morgan fingerprint density at radius 2 is 2.07 bits per heavy atom. The third-order valence-corrected chi connectivity index (χ3v) is 5.06. The Kier molecular flexibility index (Phi) is 4.82. The predicted molar refractivity (Wildman–Crippen MR) is 102 cm³/mol. The first-order valence-corrected chi connectivity index (χ1v) is 9.15. The molecule has 4 rings (SSSR count). The van der Waals surface area contributed by atoms with Crippen LogP contribution in [0.1, 0.15) is 12.5 Å². The van der Waals surface area contributed by atoms with Crippen molar-refractivity contribution < 1.29 is 14.6 Å². The molecular formula is C19H17Cl2N3O3. The third kappa shape index (κ3) is 3.53. The number of aromatic hydroxyl groups is 1. The average molecular weight is 406 g/mol. The van der Waals surface area contributed by atoms with Crippen LogP contribution in [0, 0.1) is 0 Å². The van der Waals surface area contributed by atoms with Gasteiger partial charge in [0, 0.05) is 21.2 Å². The van der Waals surface area contributed by atoms with Gasteiger partial charge in [0.2, 0.25) is 5.79 Å².